The minimum absolute atomic E-state index is 0.639. The smallest absolute Gasteiger partial charge is 0.0368 e. The standard InChI is InChI=1S/C18H31N3/c1-4-8-16-15-21(14-7-13-19-16)18-11-9-17(10-12-18)20(5-2)6-3/h9-12,16,19H,4-8,13-15H2,1-3H3. The second-order valence-electron chi connectivity index (χ2n) is 5.93. The molecule has 1 heterocycles. The van der Waals surface area contributed by atoms with Crippen LogP contribution in [0.25, 0.3) is 0 Å². The second kappa shape index (κ2) is 8.28. The average molecular weight is 289 g/mol. The van der Waals surface area contributed by atoms with Gasteiger partial charge in [-0.1, -0.05) is 13.3 Å². The number of hydrogen-bond donors (Lipinski definition) is 1. The minimum Gasteiger partial charge on any atom is -0.372 e. The molecule has 1 unspecified atom stereocenters. The molecule has 3 nitrogen and oxygen atoms in total. The summed E-state index contributed by atoms with van der Waals surface area (Å²) in [5.74, 6) is 0. The van der Waals surface area contributed by atoms with Gasteiger partial charge in [-0.25, -0.2) is 0 Å². The number of anilines is 2. The molecule has 1 aliphatic heterocycles. The van der Waals surface area contributed by atoms with Crippen LogP contribution in [0.1, 0.15) is 40.0 Å². The summed E-state index contributed by atoms with van der Waals surface area (Å²) in [5, 5.41) is 3.68. The Morgan fingerprint density at radius 3 is 2.48 bits per heavy atom. The van der Waals surface area contributed by atoms with Crippen molar-refractivity contribution in [3.05, 3.63) is 24.3 Å². The molecule has 0 amide bonds. The Morgan fingerprint density at radius 2 is 1.86 bits per heavy atom. The van der Waals surface area contributed by atoms with E-state index in [1.54, 1.807) is 0 Å². The van der Waals surface area contributed by atoms with Gasteiger partial charge in [0.15, 0.2) is 0 Å². The van der Waals surface area contributed by atoms with Gasteiger partial charge in [-0.05, 0) is 57.5 Å². The fraction of sp³-hybridized carbons (Fsp3) is 0.667. The monoisotopic (exact) mass is 289 g/mol. The summed E-state index contributed by atoms with van der Waals surface area (Å²) < 4.78 is 0. The number of rotatable bonds is 6. The Bertz CT molecular complexity index is 397. The zero-order valence-corrected chi connectivity index (χ0v) is 13.9. The molecule has 0 saturated carbocycles. The van der Waals surface area contributed by atoms with E-state index in [1.807, 2.05) is 0 Å². The summed E-state index contributed by atoms with van der Waals surface area (Å²) in [4.78, 5) is 4.94. The van der Waals surface area contributed by atoms with Crippen LogP contribution in [0.5, 0.6) is 0 Å². The zero-order chi connectivity index (χ0) is 15.1. The lowest BCUT2D eigenvalue weighted by atomic mass is 10.1. The van der Waals surface area contributed by atoms with E-state index in [0.717, 1.165) is 32.7 Å². The summed E-state index contributed by atoms with van der Waals surface area (Å²) in [6, 6.07) is 9.77. The number of nitrogens with zero attached hydrogens (tertiary/aromatic N) is 2. The SMILES string of the molecule is CCCC1CN(c2ccc(N(CC)CC)cc2)CCCN1. The lowest BCUT2D eigenvalue weighted by Gasteiger charge is -2.27. The highest BCUT2D eigenvalue weighted by Crippen LogP contribution is 2.22. The van der Waals surface area contributed by atoms with Crippen molar-refractivity contribution >= 4 is 11.4 Å². The summed E-state index contributed by atoms with van der Waals surface area (Å²) in [6.45, 7) is 12.3. The number of nitrogens with one attached hydrogen (secondary N) is 1. The largest absolute Gasteiger partial charge is 0.372 e. The van der Waals surface area contributed by atoms with Crippen molar-refractivity contribution < 1.29 is 0 Å². The Morgan fingerprint density at radius 1 is 1.14 bits per heavy atom. The van der Waals surface area contributed by atoms with E-state index in [1.165, 1.54) is 30.6 Å². The molecule has 21 heavy (non-hydrogen) atoms. The maximum absolute atomic E-state index is 3.68. The molecule has 1 fully saturated rings. The van der Waals surface area contributed by atoms with E-state index in [2.05, 4.69) is 60.2 Å². The average Bonchev–Trinajstić information content (AvgIpc) is 2.75. The van der Waals surface area contributed by atoms with Crippen LogP contribution in [-0.4, -0.2) is 38.8 Å². The maximum Gasteiger partial charge on any atom is 0.0368 e. The summed E-state index contributed by atoms with van der Waals surface area (Å²) >= 11 is 0. The van der Waals surface area contributed by atoms with Crippen LogP contribution >= 0.6 is 0 Å². The van der Waals surface area contributed by atoms with Crippen molar-refractivity contribution in [1.82, 2.24) is 5.32 Å². The van der Waals surface area contributed by atoms with Crippen molar-refractivity contribution in [2.75, 3.05) is 42.5 Å². The molecule has 1 saturated heterocycles. The highest BCUT2D eigenvalue weighted by atomic mass is 15.2. The van der Waals surface area contributed by atoms with Crippen LogP contribution in [0.15, 0.2) is 24.3 Å². The van der Waals surface area contributed by atoms with Gasteiger partial charge in [0.25, 0.3) is 0 Å². The third-order valence-electron chi connectivity index (χ3n) is 4.46. The molecule has 0 aliphatic carbocycles. The first-order valence-corrected chi connectivity index (χ1v) is 8.61. The first-order valence-electron chi connectivity index (χ1n) is 8.61. The summed E-state index contributed by atoms with van der Waals surface area (Å²) in [7, 11) is 0. The fourth-order valence-electron chi connectivity index (χ4n) is 3.24. The lowest BCUT2D eigenvalue weighted by molar-refractivity contribution is 0.502. The third-order valence-corrected chi connectivity index (χ3v) is 4.46. The molecule has 1 aliphatic rings. The topological polar surface area (TPSA) is 18.5 Å². The second-order valence-corrected chi connectivity index (χ2v) is 5.93. The molecular formula is C18H31N3. The molecular weight excluding hydrogens is 258 g/mol. The highest BCUT2D eigenvalue weighted by Gasteiger charge is 2.17. The van der Waals surface area contributed by atoms with E-state index in [0.29, 0.717) is 6.04 Å². The molecule has 0 bridgehead atoms. The Labute approximate surface area is 130 Å². The van der Waals surface area contributed by atoms with Gasteiger partial charge >= 0.3 is 0 Å². The Hall–Kier alpha value is -1.22. The molecule has 1 atom stereocenters. The highest BCUT2D eigenvalue weighted by molar-refractivity contribution is 5.56. The zero-order valence-electron chi connectivity index (χ0n) is 13.9. The maximum atomic E-state index is 3.68. The number of benzene rings is 1. The first-order chi connectivity index (χ1) is 10.3. The van der Waals surface area contributed by atoms with Crippen molar-refractivity contribution in [1.29, 1.82) is 0 Å². The van der Waals surface area contributed by atoms with E-state index in [-0.39, 0.29) is 0 Å². The molecule has 1 N–H and O–H groups in total. The molecule has 2 rings (SSSR count). The Kier molecular flexibility index (Phi) is 6.37. The van der Waals surface area contributed by atoms with E-state index in [4.69, 9.17) is 0 Å². The van der Waals surface area contributed by atoms with Gasteiger partial charge in [0, 0.05) is 43.6 Å². The molecule has 3 heteroatoms. The van der Waals surface area contributed by atoms with E-state index >= 15 is 0 Å². The molecule has 1 aromatic rings. The molecule has 0 aromatic heterocycles. The predicted molar refractivity (Wildman–Crippen MR) is 93.5 cm³/mol. The van der Waals surface area contributed by atoms with Crippen LogP contribution in [0.4, 0.5) is 11.4 Å². The van der Waals surface area contributed by atoms with Gasteiger partial charge < -0.3 is 15.1 Å². The first kappa shape index (κ1) is 16.2. The summed E-state index contributed by atoms with van der Waals surface area (Å²) in [5.41, 5.74) is 2.71. The van der Waals surface area contributed by atoms with Gasteiger partial charge in [0.05, 0.1) is 0 Å². The minimum atomic E-state index is 0.639. The van der Waals surface area contributed by atoms with Crippen molar-refractivity contribution in [2.45, 2.75) is 46.1 Å². The van der Waals surface area contributed by atoms with Crippen LogP contribution < -0.4 is 15.1 Å². The third kappa shape index (κ3) is 4.37. The van der Waals surface area contributed by atoms with Crippen LogP contribution in [-0.2, 0) is 0 Å². The van der Waals surface area contributed by atoms with Crippen LogP contribution in [0.3, 0.4) is 0 Å². The normalized spacial score (nSPS) is 19.4. The number of hydrogen-bond acceptors (Lipinski definition) is 3. The van der Waals surface area contributed by atoms with Crippen molar-refractivity contribution in [3.63, 3.8) is 0 Å². The Balaban J connectivity index is 2.06. The lowest BCUT2D eigenvalue weighted by Crippen LogP contribution is -2.37. The molecule has 0 radical (unpaired) electrons. The van der Waals surface area contributed by atoms with Gasteiger partial charge in [0.1, 0.15) is 0 Å². The van der Waals surface area contributed by atoms with Gasteiger partial charge in [-0.3, -0.25) is 0 Å². The van der Waals surface area contributed by atoms with Crippen molar-refractivity contribution in [3.8, 4) is 0 Å². The molecule has 0 spiro atoms. The van der Waals surface area contributed by atoms with Gasteiger partial charge in [-0.2, -0.15) is 0 Å². The van der Waals surface area contributed by atoms with Crippen molar-refractivity contribution in [2.24, 2.45) is 0 Å². The molecule has 118 valence electrons. The predicted octanol–water partition coefficient (Wildman–Crippen LogP) is 3.50. The molecule has 1 aromatic carbocycles. The quantitative estimate of drug-likeness (QED) is 0.864. The van der Waals surface area contributed by atoms with Gasteiger partial charge in [-0.15, -0.1) is 0 Å². The summed E-state index contributed by atoms with van der Waals surface area (Å²) in [6.07, 6.45) is 3.76. The van der Waals surface area contributed by atoms with Crippen LogP contribution in [0.2, 0.25) is 0 Å². The van der Waals surface area contributed by atoms with Crippen LogP contribution in [0, 0.1) is 0 Å². The fourth-order valence-corrected chi connectivity index (χ4v) is 3.24. The van der Waals surface area contributed by atoms with E-state index < -0.39 is 0 Å². The van der Waals surface area contributed by atoms with Gasteiger partial charge in [0.2, 0.25) is 0 Å². The van der Waals surface area contributed by atoms with E-state index in [9.17, 15) is 0 Å².